The van der Waals surface area contributed by atoms with E-state index in [0.717, 1.165) is 0 Å². The van der Waals surface area contributed by atoms with Crippen LogP contribution in [-0.2, 0) is 10.5 Å². The minimum Gasteiger partial charge on any atom is -0.479 e. The molecule has 0 saturated heterocycles. The van der Waals surface area contributed by atoms with Gasteiger partial charge in [-0.25, -0.2) is 4.39 Å². The monoisotopic (exact) mass is 415 g/mol. The third kappa shape index (κ3) is 6.08. The van der Waals surface area contributed by atoms with Crippen LogP contribution in [0.5, 0.6) is 5.75 Å². The van der Waals surface area contributed by atoms with Crippen molar-refractivity contribution < 1.29 is 13.9 Å². The lowest BCUT2D eigenvalue weighted by atomic mass is 10.2. The van der Waals surface area contributed by atoms with Crippen molar-refractivity contribution in [3.63, 3.8) is 0 Å². The number of hydrogen-bond acceptors (Lipinski definition) is 3. The van der Waals surface area contributed by atoms with Gasteiger partial charge in [0.2, 0.25) is 0 Å². The van der Waals surface area contributed by atoms with Gasteiger partial charge in [-0.15, -0.1) is 0 Å². The number of carbonyl (C=O) groups excluding carboxylic acids is 1. The predicted octanol–water partition coefficient (Wildman–Crippen LogP) is 5.34. The highest BCUT2D eigenvalue weighted by molar-refractivity contribution is 7.98. The molecule has 2 rings (SSSR count). The maximum absolute atomic E-state index is 13.7. The summed E-state index contributed by atoms with van der Waals surface area (Å²) in [5.41, 5.74) is 0.485. The van der Waals surface area contributed by atoms with Gasteiger partial charge in [-0.1, -0.05) is 48.3 Å². The highest BCUT2D eigenvalue weighted by Gasteiger charge is 2.19. The van der Waals surface area contributed by atoms with Crippen LogP contribution in [0.4, 0.5) is 4.39 Å². The topological polar surface area (TPSA) is 38.3 Å². The number of benzene rings is 2. The molecule has 140 valence electrons. The largest absolute Gasteiger partial charge is 0.479 e. The Morgan fingerprint density at radius 1 is 1.19 bits per heavy atom. The Balaban J connectivity index is 1.76. The minimum absolute atomic E-state index is 0.197. The number of hydrogen-bond donors (Lipinski definition) is 1. The van der Waals surface area contributed by atoms with Crippen molar-refractivity contribution >= 4 is 40.9 Å². The zero-order valence-electron chi connectivity index (χ0n) is 14.3. The first kappa shape index (κ1) is 20.9. The zero-order valence-corrected chi connectivity index (χ0v) is 16.6. The first-order valence-corrected chi connectivity index (χ1v) is 10.1. The lowest BCUT2D eigenvalue weighted by Gasteiger charge is -2.18. The number of carbonyl (C=O) groups is 1. The third-order valence-electron chi connectivity index (χ3n) is 3.62. The molecule has 0 unspecified atom stereocenters. The van der Waals surface area contributed by atoms with E-state index in [9.17, 15) is 9.18 Å². The Labute approximate surface area is 167 Å². The van der Waals surface area contributed by atoms with Gasteiger partial charge in [0.15, 0.2) is 6.10 Å². The van der Waals surface area contributed by atoms with Crippen molar-refractivity contribution in [2.75, 3.05) is 12.3 Å². The number of rotatable bonds is 9. The molecule has 7 heteroatoms. The fourth-order valence-corrected chi connectivity index (χ4v) is 3.60. The van der Waals surface area contributed by atoms with Crippen molar-refractivity contribution in [3.8, 4) is 5.75 Å². The van der Waals surface area contributed by atoms with E-state index in [-0.39, 0.29) is 11.7 Å². The zero-order chi connectivity index (χ0) is 18.9. The van der Waals surface area contributed by atoms with Crippen molar-refractivity contribution in [3.05, 3.63) is 63.9 Å². The van der Waals surface area contributed by atoms with Gasteiger partial charge in [-0.2, -0.15) is 11.8 Å². The summed E-state index contributed by atoms with van der Waals surface area (Å²) in [5.74, 6) is 1.07. The van der Waals surface area contributed by atoms with Crippen LogP contribution in [0.25, 0.3) is 0 Å². The molecule has 0 radical (unpaired) electrons. The molecule has 1 amide bonds. The van der Waals surface area contributed by atoms with Crippen molar-refractivity contribution in [2.24, 2.45) is 0 Å². The summed E-state index contributed by atoms with van der Waals surface area (Å²) in [6.45, 7) is 2.33. The molecule has 3 nitrogen and oxygen atoms in total. The summed E-state index contributed by atoms with van der Waals surface area (Å²) in [5, 5.41) is 3.72. The molecule has 0 aliphatic heterocycles. The van der Waals surface area contributed by atoms with Crippen LogP contribution in [-0.4, -0.2) is 24.3 Å². The molecule has 2 aromatic rings. The SMILES string of the molecule is CC[C@H](Oc1ccccc1Cl)C(=O)NCCSCc1c(F)cccc1Cl. The Morgan fingerprint density at radius 3 is 2.62 bits per heavy atom. The number of ether oxygens (including phenoxy) is 1. The molecule has 0 spiro atoms. The molecule has 0 aromatic heterocycles. The van der Waals surface area contributed by atoms with Gasteiger partial charge in [0.25, 0.3) is 5.91 Å². The van der Waals surface area contributed by atoms with E-state index < -0.39 is 6.10 Å². The Bertz CT molecular complexity index is 725. The van der Waals surface area contributed by atoms with E-state index in [1.165, 1.54) is 17.8 Å². The first-order chi connectivity index (χ1) is 12.5. The standard InChI is InChI=1S/C19H20Cl2FNO2S/c1-2-17(25-18-9-4-3-6-15(18)21)19(24)23-10-11-26-12-13-14(20)7-5-8-16(13)22/h3-9,17H,2,10-12H2,1H3,(H,23,24)/t17-/m0/s1. The maximum atomic E-state index is 13.7. The van der Waals surface area contributed by atoms with E-state index >= 15 is 0 Å². The Kier molecular flexibility index (Phi) is 8.55. The molecule has 0 fully saturated rings. The lowest BCUT2D eigenvalue weighted by molar-refractivity contribution is -0.127. The average Bonchev–Trinajstić information content (AvgIpc) is 2.62. The number of nitrogens with one attached hydrogen (secondary N) is 1. The number of thioether (sulfide) groups is 1. The smallest absolute Gasteiger partial charge is 0.261 e. The third-order valence-corrected chi connectivity index (χ3v) is 5.27. The molecule has 2 aromatic carbocycles. The normalized spacial score (nSPS) is 11.8. The van der Waals surface area contributed by atoms with Crippen LogP contribution in [0.1, 0.15) is 18.9 Å². The van der Waals surface area contributed by atoms with E-state index in [1.54, 1.807) is 36.4 Å². The fourth-order valence-electron chi connectivity index (χ4n) is 2.22. The van der Waals surface area contributed by atoms with Crippen molar-refractivity contribution in [1.82, 2.24) is 5.32 Å². The minimum atomic E-state index is -0.610. The fraction of sp³-hybridized carbons (Fsp3) is 0.316. The Morgan fingerprint density at radius 2 is 1.92 bits per heavy atom. The van der Waals surface area contributed by atoms with Gasteiger partial charge in [0, 0.05) is 28.6 Å². The van der Waals surface area contributed by atoms with Gasteiger partial charge in [0.1, 0.15) is 11.6 Å². The first-order valence-electron chi connectivity index (χ1n) is 8.22. The van der Waals surface area contributed by atoms with Crippen LogP contribution < -0.4 is 10.1 Å². The average molecular weight is 416 g/mol. The van der Waals surface area contributed by atoms with Gasteiger partial charge < -0.3 is 10.1 Å². The second kappa shape index (κ2) is 10.7. The highest BCUT2D eigenvalue weighted by atomic mass is 35.5. The van der Waals surface area contributed by atoms with Gasteiger partial charge in [0.05, 0.1) is 5.02 Å². The molecular weight excluding hydrogens is 396 g/mol. The van der Waals surface area contributed by atoms with E-state index in [1.807, 2.05) is 6.92 Å². The van der Waals surface area contributed by atoms with Crippen LogP contribution in [0.15, 0.2) is 42.5 Å². The van der Waals surface area contributed by atoms with Crippen LogP contribution in [0, 0.1) is 5.82 Å². The molecular formula is C19H20Cl2FNO2S. The summed E-state index contributed by atoms with van der Waals surface area (Å²) in [6, 6.07) is 11.7. The van der Waals surface area contributed by atoms with Crippen molar-refractivity contribution in [1.29, 1.82) is 0 Å². The summed E-state index contributed by atoms with van der Waals surface area (Å²) < 4.78 is 19.4. The van der Waals surface area contributed by atoms with E-state index in [2.05, 4.69) is 5.32 Å². The van der Waals surface area contributed by atoms with E-state index in [4.69, 9.17) is 27.9 Å². The quantitative estimate of drug-likeness (QED) is 0.561. The second-order valence-electron chi connectivity index (χ2n) is 5.49. The summed E-state index contributed by atoms with van der Waals surface area (Å²) in [7, 11) is 0. The molecule has 0 heterocycles. The molecule has 1 N–H and O–H groups in total. The molecule has 26 heavy (non-hydrogen) atoms. The molecule has 0 bridgehead atoms. The van der Waals surface area contributed by atoms with Gasteiger partial charge in [-0.05, 0) is 30.7 Å². The van der Waals surface area contributed by atoms with Gasteiger partial charge in [-0.3, -0.25) is 4.79 Å². The number of para-hydroxylation sites is 1. The maximum Gasteiger partial charge on any atom is 0.261 e. The summed E-state index contributed by atoms with van der Waals surface area (Å²) in [6.07, 6.45) is -0.0874. The molecule has 0 saturated carbocycles. The highest BCUT2D eigenvalue weighted by Crippen LogP contribution is 2.25. The van der Waals surface area contributed by atoms with Crippen LogP contribution in [0.3, 0.4) is 0 Å². The molecule has 1 atom stereocenters. The van der Waals surface area contributed by atoms with Crippen LogP contribution in [0.2, 0.25) is 10.0 Å². The second-order valence-corrected chi connectivity index (χ2v) is 7.41. The van der Waals surface area contributed by atoms with Crippen LogP contribution >= 0.6 is 35.0 Å². The number of amides is 1. The van der Waals surface area contributed by atoms with Crippen molar-refractivity contribution in [2.45, 2.75) is 25.2 Å². The summed E-state index contributed by atoms with van der Waals surface area (Å²) >= 11 is 13.6. The predicted molar refractivity (Wildman–Crippen MR) is 107 cm³/mol. The van der Waals surface area contributed by atoms with E-state index in [0.29, 0.717) is 45.8 Å². The number of halogens is 3. The van der Waals surface area contributed by atoms with Gasteiger partial charge >= 0.3 is 0 Å². The summed E-state index contributed by atoms with van der Waals surface area (Å²) in [4.78, 5) is 12.3. The lowest BCUT2D eigenvalue weighted by Crippen LogP contribution is -2.39. The Hall–Kier alpha value is -1.43. The molecule has 0 aliphatic rings. The molecule has 0 aliphatic carbocycles.